The Morgan fingerprint density at radius 1 is 1.14 bits per heavy atom. The summed E-state index contributed by atoms with van der Waals surface area (Å²) in [5, 5.41) is 11.4. The first kappa shape index (κ1) is 25.9. The van der Waals surface area contributed by atoms with Crippen molar-refractivity contribution in [1.82, 2.24) is 15.3 Å². The summed E-state index contributed by atoms with van der Waals surface area (Å²) in [5.41, 5.74) is 5.43. The molecule has 0 aliphatic carbocycles. The molecule has 1 aromatic carbocycles. The van der Waals surface area contributed by atoms with Crippen molar-refractivity contribution >= 4 is 35.2 Å². The fraction of sp³-hybridized carbons (Fsp3) is 0.120. The van der Waals surface area contributed by atoms with Gasteiger partial charge in [0.25, 0.3) is 0 Å². The summed E-state index contributed by atoms with van der Waals surface area (Å²) < 4.78 is 45.5. The van der Waals surface area contributed by atoms with Crippen LogP contribution in [0.5, 0.6) is 0 Å². The van der Waals surface area contributed by atoms with Crippen LogP contribution in [0.1, 0.15) is 34.2 Å². The highest BCUT2D eigenvalue weighted by Gasteiger charge is 2.35. The minimum atomic E-state index is -4.66. The minimum absolute atomic E-state index is 0.0453. The number of halogens is 3. The molecule has 0 saturated carbocycles. The first-order valence-corrected chi connectivity index (χ1v) is 10.5. The molecule has 4 rings (SSSR count). The fourth-order valence-electron chi connectivity index (χ4n) is 3.19. The second-order valence-corrected chi connectivity index (χ2v) is 7.41. The molecule has 0 bridgehead atoms. The number of nitrogens with zero attached hydrogens (tertiary/aromatic N) is 2. The maximum atomic E-state index is 13.4. The number of benzene rings is 1. The number of aromatic carboxylic acids is 1. The number of carboxylic acid groups (broad SMARTS) is 1. The van der Waals surface area contributed by atoms with E-state index < -0.39 is 17.7 Å². The van der Waals surface area contributed by atoms with Gasteiger partial charge in [-0.1, -0.05) is 12.2 Å². The molecule has 0 fully saturated rings. The Labute approximate surface area is 203 Å². The predicted octanol–water partition coefficient (Wildman–Crippen LogP) is 5.15. The molecule has 36 heavy (non-hydrogen) atoms. The average molecular weight is 498 g/mol. The number of alkyl halides is 3. The molecule has 0 radical (unpaired) electrons. The number of allylic oxidation sites excluding steroid dienone is 1. The highest BCUT2D eigenvalue weighted by molar-refractivity contribution is 5.89. The van der Waals surface area contributed by atoms with Crippen LogP contribution in [0, 0.1) is 0 Å². The van der Waals surface area contributed by atoms with Gasteiger partial charge in [0.1, 0.15) is 17.2 Å². The Bertz CT molecular complexity index is 1380. The van der Waals surface area contributed by atoms with Crippen molar-refractivity contribution in [2.45, 2.75) is 19.6 Å². The van der Waals surface area contributed by atoms with Crippen molar-refractivity contribution in [2.75, 3.05) is 5.73 Å². The van der Waals surface area contributed by atoms with Crippen molar-refractivity contribution in [3.8, 4) is 11.3 Å². The highest BCUT2D eigenvalue weighted by Crippen LogP contribution is 2.39. The van der Waals surface area contributed by atoms with Gasteiger partial charge in [-0.05, 0) is 55.0 Å². The fourth-order valence-corrected chi connectivity index (χ4v) is 3.19. The average Bonchev–Trinajstić information content (AvgIpc) is 3.26. The van der Waals surface area contributed by atoms with Crippen molar-refractivity contribution < 1.29 is 32.3 Å². The van der Waals surface area contributed by atoms with Crippen LogP contribution in [-0.4, -0.2) is 27.5 Å². The number of nitrogen functional groups attached to an aromatic ring is 1. The number of carboxylic acids is 1. The number of rotatable bonds is 6. The van der Waals surface area contributed by atoms with Gasteiger partial charge in [-0.3, -0.25) is 9.78 Å². The molecule has 4 aromatic rings. The zero-order chi connectivity index (χ0) is 26.3. The van der Waals surface area contributed by atoms with E-state index in [0.29, 0.717) is 12.2 Å². The van der Waals surface area contributed by atoms with Crippen LogP contribution < -0.4 is 11.1 Å². The van der Waals surface area contributed by atoms with Gasteiger partial charge in [-0.15, -0.1) is 0 Å². The Morgan fingerprint density at radius 3 is 2.47 bits per heavy atom. The minimum Gasteiger partial charge on any atom is -0.478 e. The number of anilines is 1. The lowest BCUT2D eigenvalue weighted by molar-refractivity contribution is -0.136. The van der Waals surface area contributed by atoms with Gasteiger partial charge >= 0.3 is 12.1 Å². The van der Waals surface area contributed by atoms with Crippen LogP contribution in [-0.2, 0) is 17.5 Å². The van der Waals surface area contributed by atoms with Crippen molar-refractivity contribution in [1.29, 1.82) is 0 Å². The molecular formula is C25H21F3N4O4. The molecule has 8 nitrogen and oxygen atoms in total. The molecule has 1 amide bonds. The number of hydrogen-bond acceptors (Lipinski definition) is 6. The summed E-state index contributed by atoms with van der Waals surface area (Å²) in [5.74, 6) is -0.449. The summed E-state index contributed by atoms with van der Waals surface area (Å²) >= 11 is 0. The largest absolute Gasteiger partial charge is 0.478 e. The number of amides is 1. The monoisotopic (exact) mass is 498 g/mol. The first-order chi connectivity index (χ1) is 17.1. The van der Waals surface area contributed by atoms with Crippen LogP contribution in [0.4, 0.5) is 19.0 Å². The van der Waals surface area contributed by atoms with Gasteiger partial charge in [-0.25, -0.2) is 9.78 Å². The van der Waals surface area contributed by atoms with Gasteiger partial charge in [0, 0.05) is 23.3 Å². The van der Waals surface area contributed by atoms with Crippen LogP contribution >= 0.6 is 0 Å². The van der Waals surface area contributed by atoms with E-state index in [0.717, 1.165) is 17.8 Å². The van der Waals surface area contributed by atoms with Crippen molar-refractivity contribution in [3.05, 3.63) is 83.4 Å². The molecule has 3 aromatic heterocycles. The molecule has 3 heterocycles. The van der Waals surface area contributed by atoms with E-state index in [-0.39, 0.29) is 40.1 Å². The topological polar surface area (TPSA) is 131 Å². The maximum Gasteiger partial charge on any atom is 0.420 e. The zero-order valence-corrected chi connectivity index (χ0v) is 18.9. The number of furan rings is 1. The van der Waals surface area contributed by atoms with Gasteiger partial charge < -0.3 is 20.6 Å². The van der Waals surface area contributed by atoms with E-state index >= 15 is 0 Å². The number of aromatic nitrogens is 2. The van der Waals surface area contributed by atoms with Gasteiger partial charge in [0.15, 0.2) is 0 Å². The lowest BCUT2D eigenvalue weighted by Gasteiger charge is -2.10. The second-order valence-electron chi connectivity index (χ2n) is 7.41. The van der Waals surface area contributed by atoms with Gasteiger partial charge in [0.2, 0.25) is 6.41 Å². The van der Waals surface area contributed by atoms with Crippen LogP contribution in [0.3, 0.4) is 0 Å². The summed E-state index contributed by atoms with van der Waals surface area (Å²) in [6, 6.07) is 10.1. The molecule has 0 spiro atoms. The molecule has 0 aliphatic heterocycles. The molecule has 0 aliphatic rings. The molecule has 0 saturated heterocycles. The number of nitrogens with two attached hydrogens (primary N) is 1. The van der Waals surface area contributed by atoms with Crippen LogP contribution in [0.25, 0.3) is 28.3 Å². The zero-order valence-electron chi connectivity index (χ0n) is 18.9. The Hall–Kier alpha value is -4.67. The van der Waals surface area contributed by atoms with E-state index in [2.05, 4.69) is 15.3 Å². The van der Waals surface area contributed by atoms with E-state index in [1.807, 2.05) is 25.1 Å². The van der Waals surface area contributed by atoms with Crippen molar-refractivity contribution in [2.24, 2.45) is 0 Å². The molecule has 0 unspecified atom stereocenters. The number of hydrogen-bond donors (Lipinski definition) is 3. The van der Waals surface area contributed by atoms with E-state index in [4.69, 9.17) is 15.3 Å². The maximum absolute atomic E-state index is 13.4. The lowest BCUT2D eigenvalue weighted by atomic mass is 10.0. The second kappa shape index (κ2) is 11.2. The SMILES string of the molecule is C/C=C/c1ccc(N)nc1.O=CNCc1cc2cc(-c3ccc(C(=O)O)cn3)cc(C(F)(F)F)c2o1. The number of nitrogens with one attached hydrogen (secondary N) is 1. The first-order valence-electron chi connectivity index (χ1n) is 10.5. The summed E-state index contributed by atoms with van der Waals surface area (Å²) in [6.07, 6.45) is 2.51. The van der Waals surface area contributed by atoms with E-state index in [1.54, 1.807) is 12.3 Å². The number of carbonyl (C=O) groups excluding carboxylic acids is 1. The third-order valence-corrected chi connectivity index (χ3v) is 4.81. The smallest absolute Gasteiger partial charge is 0.420 e. The third kappa shape index (κ3) is 6.47. The standard InChI is InChI=1S/C17H11F3N2O4.C8H10N2/c18-17(19,20)13-5-10(14-2-1-9(6-22-14)16(24)25)3-11-4-12(7-21-8-23)26-15(11)13;1-2-3-7-4-5-8(9)10-6-7/h1-6,8H,7H2,(H,21,23)(H,24,25);2-6H,1H3,(H2,9,10)/b;3-2+. The third-order valence-electron chi connectivity index (χ3n) is 4.81. The summed E-state index contributed by atoms with van der Waals surface area (Å²) in [4.78, 5) is 29.1. The van der Waals surface area contributed by atoms with Gasteiger partial charge in [-0.2, -0.15) is 13.2 Å². The highest BCUT2D eigenvalue weighted by atomic mass is 19.4. The number of pyridine rings is 2. The van der Waals surface area contributed by atoms with Gasteiger partial charge in [0.05, 0.1) is 23.4 Å². The molecule has 4 N–H and O–H groups in total. The summed E-state index contributed by atoms with van der Waals surface area (Å²) in [6.45, 7) is 1.92. The van der Waals surface area contributed by atoms with Crippen molar-refractivity contribution in [3.63, 3.8) is 0 Å². The summed E-state index contributed by atoms with van der Waals surface area (Å²) in [7, 11) is 0. The molecule has 11 heteroatoms. The Kier molecular flexibility index (Phi) is 8.05. The quantitative estimate of drug-likeness (QED) is 0.313. The Morgan fingerprint density at radius 2 is 1.92 bits per heavy atom. The van der Waals surface area contributed by atoms with Crippen LogP contribution in [0.15, 0.2) is 65.4 Å². The number of carbonyl (C=O) groups is 2. The molecular weight excluding hydrogens is 477 g/mol. The Balaban J connectivity index is 0.000000303. The lowest BCUT2D eigenvalue weighted by Crippen LogP contribution is -2.08. The molecule has 186 valence electrons. The van der Waals surface area contributed by atoms with E-state index in [1.165, 1.54) is 24.3 Å². The molecule has 0 atom stereocenters. The normalized spacial score (nSPS) is 11.2. The predicted molar refractivity (Wildman–Crippen MR) is 128 cm³/mol. The van der Waals surface area contributed by atoms with E-state index in [9.17, 15) is 22.8 Å². The van der Waals surface area contributed by atoms with Crippen LogP contribution in [0.2, 0.25) is 0 Å². The number of fused-ring (bicyclic) bond motifs is 1.